The van der Waals surface area contributed by atoms with Crippen molar-refractivity contribution in [2.24, 2.45) is 0 Å². The highest BCUT2D eigenvalue weighted by atomic mass is 16.4. The van der Waals surface area contributed by atoms with E-state index < -0.39 is 5.97 Å². The number of hydrogen-bond acceptors (Lipinski definition) is 2. The van der Waals surface area contributed by atoms with Crippen molar-refractivity contribution in [2.75, 3.05) is 0 Å². The Bertz CT molecular complexity index is 562. The fourth-order valence-corrected chi connectivity index (χ4v) is 1.71. The number of aromatic carboxylic acids is 1. The number of aromatic nitrogens is 2. The van der Waals surface area contributed by atoms with E-state index in [4.69, 9.17) is 5.11 Å². The summed E-state index contributed by atoms with van der Waals surface area (Å²) in [5.74, 6) is -1.01. The molecule has 94 valence electrons. The van der Waals surface area contributed by atoms with Crippen LogP contribution in [0.3, 0.4) is 0 Å². The fraction of sp³-hybridized carbons (Fsp3) is 0.286. The summed E-state index contributed by atoms with van der Waals surface area (Å²) in [4.78, 5) is 14.6. The number of benzene rings is 1. The van der Waals surface area contributed by atoms with Gasteiger partial charge >= 0.3 is 5.97 Å². The van der Waals surface area contributed by atoms with Crippen molar-refractivity contribution in [1.29, 1.82) is 0 Å². The van der Waals surface area contributed by atoms with Gasteiger partial charge in [-0.1, -0.05) is 32.9 Å². The number of imidazole rings is 1. The predicted octanol–water partition coefficient (Wildman–Crippen LogP) is 2.87. The van der Waals surface area contributed by atoms with Crippen LogP contribution in [0.5, 0.6) is 0 Å². The summed E-state index contributed by atoms with van der Waals surface area (Å²) in [6.07, 6.45) is 3.02. The van der Waals surface area contributed by atoms with Gasteiger partial charge < -0.3 is 9.67 Å². The molecule has 4 heteroatoms. The number of nitrogens with zero attached hydrogens (tertiary/aromatic N) is 2. The van der Waals surface area contributed by atoms with Crippen LogP contribution in [-0.2, 0) is 5.41 Å². The third kappa shape index (κ3) is 2.42. The summed E-state index contributed by atoms with van der Waals surface area (Å²) in [5, 5.41) is 8.82. The summed E-state index contributed by atoms with van der Waals surface area (Å²) in [6, 6.07) is 8.04. The quantitative estimate of drug-likeness (QED) is 0.883. The molecular formula is C14H16N2O2. The maximum atomic E-state index is 10.8. The first kappa shape index (κ1) is 12.4. The second kappa shape index (κ2) is 4.29. The molecule has 0 spiro atoms. The van der Waals surface area contributed by atoms with E-state index in [1.807, 2.05) is 12.1 Å². The molecule has 0 saturated carbocycles. The van der Waals surface area contributed by atoms with Crippen molar-refractivity contribution in [3.05, 3.63) is 48.0 Å². The van der Waals surface area contributed by atoms with Crippen molar-refractivity contribution >= 4 is 5.97 Å². The number of hydrogen-bond donors (Lipinski definition) is 1. The average Bonchev–Trinajstić information content (AvgIpc) is 2.77. The molecule has 1 heterocycles. The maximum absolute atomic E-state index is 10.8. The number of carboxylic acids is 1. The summed E-state index contributed by atoms with van der Waals surface area (Å²) < 4.78 is 1.70. The van der Waals surface area contributed by atoms with Crippen LogP contribution in [0, 0.1) is 0 Å². The Morgan fingerprint density at radius 3 is 2.28 bits per heavy atom. The summed E-state index contributed by atoms with van der Waals surface area (Å²) in [5.41, 5.74) is 2.31. The Balaban J connectivity index is 2.31. The Kier molecular flexibility index (Phi) is 2.95. The summed E-state index contributed by atoms with van der Waals surface area (Å²) in [6.45, 7) is 6.46. The molecule has 0 saturated heterocycles. The van der Waals surface area contributed by atoms with E-state index in [0.717, 1.165) is 5.69 Å². The van der Waals surface area contributed by atoms with Gasteiger partial charge in [0, 0.05) is 11.9 Å². The minimum atomic E-state index is -1.01. The first-order valence-electron chi connectivity index (χ1n) is 5.76. The molecule has 0 amide bonds. The lowest BCUT2D eigenvalue weighted by Crippen LogP contribution is -2.10. The second-order valence-corrected chi connectivity index (χ2v) is 5.27. The Morgan fingerprint density at radius 1 is 1.22 bits per heavy atom. The summed E-state index contributed by atoms with van der Waals surface area (Å²) >= 11 is 0. The van der Waals surface area contributed by atoms with E-state index in [-0.39, 0.29) is 11.1 Å². The molecule has 0 atom stereocenters. The molecule has 0 fully saturated rings. The van der Waals surface area contributed by atoms with E-state index >= 15 is 0 Å². The Labute approximate surface area is 106 Å². The van der Waals surface area contributed by atoms with E-state index in [1.54, 1.807) is 4.57 Å². The van der Waals surface area contributed by atoms with E-state index in [1.165, 1.54) is 18.1 Å². The van der Waals surface area contributed by atoms with Gasteiger partial charge in [0.2, 0.25) is 0 Å². The van der Waals surface area contributed by atoms with Crippen LogP contribution in [-0.4, -0.2) is 20.6 Å². The van der Waals surface area contributed by atoms with Gasteiger partial charge in [0.05, 0.1) is 0 Å². The SMILES string of the molecule is CC(C)(C)c1ccc(-n2cnc(C(=O)O)c2)cc1. The summed E-state index contributed by atoms with van der Waals surface area (Å²) in [7, 11) is 0. The van der Waals surface area contributed by atoms with Gasteiger partial charge in [-0.05, 0) is 23.1 Å². The molecule has 0 unspecified atom stereocenters. The minimum Gasteiger partial charge on any atom is -0.476 e. The third-order valence-corrected chi connectivity index (χ3v) is 2.83. The number of carbonyl (C=O) groups is 1. The predicted molar refractivity (Wildman–Crippen MR) is 69.2 cm³/mol. The lowest BCUT2D eigenvalue weighted by molar-refractivity contribution is 0.0691. The lowest BCUT2D eigenvalue weighted by atomic mass is 9.87. The van der Waals surface area contributed by atoms with Crippen LogP contribution < -0.4 is 0 Å². The van der Waals surface area contributed by atoms with Gasteiger partial charge in [-0.15, -0.1) is 0 Å². The Morgan fingerprint density at radius 2 is 1.83 bits per heavy atom. The van der Waals surface area contributed by atoms with Gasteiger partial charge in [0.1, 0.15) is 6.33 Å². The molecule has 1 N–H and O–H groups in total. The zero-order valence-electron chi connectivity index (χ0n) is 10.7. The topological polar surface area (TPSA) is 55.1 Å². The van der Waals surface area contributed by atoms with E-state index in [9.17, 15) is 4.79 Å². The van der Waals surface area contributed by atoms with Crippen LogP contribution in [0.2, 0.25) is 0 Å². The molecule has 2 rings (SSSR count). The van der Waals surface area contributed by atoms with E-state index in [0.29, 0.717) is 0 Å². The molecule has 2 aromatic rings. The van der Waals surface area contributed by atoms with E-state index in [2.05, 4.69) is 37.9 Å². The molecule has 18 heavy (non-hydrogen) atoms. The monoisotopic (exact) mass is 244 g/mol. The van der Waals surface area contributed by atoms with Gasteiger partial charge in [-0.25, -0.2) is 9.78 Å². The van der Waals surface area contributed by atoms with Crippen LogP contribution in [0.15, 0.2) is 36.8 Å². The molecule has 1 aromatic carbocycles. The van der Waals surface area contributed by atoms with Crippen LogP contribution >= 0.6 is 0 Å². The van der Waals surface area contributed by atoms with Gasteiger partial charge in [-0.2, -0.15) is 0 Å². The van der Waals surface area contributed by atoms with Gasteiger partial charge in [0.15, 0.2) is 5.69 Å². The first-order valence-corrected chi connectivity index (χ1v) is 5.76. The highest BCUT2D eigenvalue weighted by Crippen LogP contribution is 2.23. The molecule has 1 aromatic heterocycles. The first-order chi connectivity index (χ1) is 8.38. The Hall–Kier alpha value is -2.10. The lowest BCUT2D eigenvalue weighted by Gasteiger charge is -2.19. The normalized spacial score (nSPS) is 11.5. The van der Waals surface area contributed by atoms with Gasteiger partial charge in [0.25, 0.3) is 0 Å². The molecule has 0 aliphatic rings. The zero-order chi connectivity index (χ0) is 13.3. The van der Waals surface area contributed by atoms with Crippen molar-refractivity contribution in [3.8, 4) is 5.69 Å². The largest absolute Gasteiger partial charge is 0.476 e. The highest BCUT2D eigenvalue weighted by molar-refractivity contribution is 5.85. The maximum Gasteiger partial charge on any atom is 0.356 e. The highest BCUT2D eigenvalue weighted by Gasteiger charge is 2.13. The smallest absolute Gasteiger partial charge is 0.356 e. The molecular weight excluding hydrogens is 228 g/mol. The van der Waals surface area contributed by atoms with Gasteiger partial charge in [-0.3, -0.25) is 0 Å². The van der Waals surface area contributed by atoms with Crippen LogP contribution in [0.4, 0.5) is 0 Å². The molecule has 0 radical (unpaired) electrons. The molecule has 0 bridgehead atoms. The second-order valence-electron chi connectivity index (χ2n) is 5.27. The zero-order valence-corrected chi connectivity index (χ0v) is 10.7. The minimum absolute atomic E-state index is 0.0508. The molecule has 4 nitrogen and oxygen atoms in total. The van der Waals surface area contributed by atoms with Crippen molar-refractivity contribution in [2.45, 2.75) is 26.2 Å². The van der Waals surface area contributed by atoms with Crippen molar-refractivity contribution in [1.82, 2.24) is 9.55 Å². The van der Waals surface area contributed by atoms with Crippen molar-refractivity contribution in [3.63, 3.8) is 0 Å². The standard InChI is InChI=1S/C14H16N2O2/c1-14(2,3)10-4-6-11(7-5-10)16-8-12(13(17)18)15-9-16/h4-9H,1-3H3,(H,17,18). The van der Waals surface area contributed by atoms with Crippen LogP contribution in [0.25, 0.3) is 5.69 Å². The van der Waals surface area contributed by atoms with Crippen LogP contribution in [0.1, 0.15) is 36.8 Å². The number of rotatable bonds is 2. The van der Waals surface area contributed by atoms with Crippen molar-refractivity contribution < 1.29 is 9.90 Å². The average molecular weight is 244 g/mol. The third-order valence-electron chi connectivity index (χ3n) is 2.83. The fourth-order valence-electron chi connectivity index (χ4n) is 1.71. The molecule has 0 aliphatic heterocycles. The number of carboxylic acid groups (broad SMARTS) is 1. The molecule has 0 aliphatic carbocycles.